The van der Waals surface area contributed by atoms with E-state index in [1.165, 1.54) is 6.07 Å². The van der Waals surface area contributed by atoms with Crippen molar-refractivity contribution < 1.29 is 9.13 Å². The van der Waals surface area contributed by atoms with Crippen molar-refractivity contribution in [2.45, 2.75) is 26.5 Å². The second-order valence-electron chi connectivity index (χ2n) is 4.30. The van der Waals surface area contributed by atoms with Crippen molar-refractivity contribution in [3.63, 3.8) is 0 Å². The van der Waals surface area contributed by atoms with Crippen LogP contribution in [0.5, 0.6) is 5.75 Å². The highest BCUT2D eigenvalue weighted by Gasteiger charge is 2.16. The molecule has 2 rings (SSSR count). The third-order valence-corrected chi connectivity index (χ3v) is 3.76. The first-order chi connectivity index (χ1) is 9.22. The molecule has 1 aromatic carbocycles. The number of benzene rings is 1. The highest BCUT2D eigenvalue weighted by Crippen LogP contribution is 2.28. The van der Waals surface area contributed by atoms with Crippen LogP contribution in [0.1, 0.15) is 30.3 Å². The molecule has 0 bridgehead atoms. The number of rotatable bonds is 6. The van der Waals surface area contributed by atoms with Crippen LogP contribution in [0.4, 0.5) is 4.39 Å². The van der Waals surface area contributed by atoms with Crippen molar-refractivity contribution in [2.24, 2.45) is 0 Å². The number of halogens is 1. The Morgan fingerprint density at radius 3 is 2.84 bits per heavy atom. The van der Waals surface area contributed by atoms with Gasteiger partial charge < -0.3 is 10.1 Å². The molecule has 1 atom stereocenters. The van der Waals surface area contributed by atoms with Gasteiger partial charge in [0.2, 0.25) is 0 Å². The number of hydrogen-bond acceptors (Lipinski definition) is 3. The normalized spacial score (nSPS) is 12.4. The molecule has 0 radical (unpaired) electrons. The Kier molecular flexibility index (Phi) is 4.93. The standard InChI is InChI=1S/C15H18FNOS/c1-3-17-11(2)15-13(16)7-4-8-14(15)18-10-12-6-5-9-19-12/h4-9,11,17H,3,10H2,1-2H3. The smallest absolute Gasteiger partial charge is 0.131 e. The van der Waals surface area contributed by atoms with Gasteiger partial charge in [0, 0.05) is 16.5 Å². The van der Waals surface area contributed by atoms with E-state index in [2.05, 4.69) is 5.32 Å². The van der Waals surface area contributed by atoms with Crippen molar-refractivity contribution in [1.29, 1.82) is 0 Å². The maximum atomic E-state index is 14.0. The third kappa shape index (κ3) is 3.55. The third-order valence-electron chi connectivity index (χ3n) is 2.91. The number of nitrogens with one attached hydrogen (secondary N) is 1. The topological polar surface area (TPSA) is 21.3 Å². The van der Waals surface area contributed by atoms with Gasteiger partial charge >= 0.3 is 0 Å². The fourth-order valence-electron chi connectivity index (χ4n) is 2.02. The van der Waals surface area contributed by atoms with Crippen LogP contribution in [0.3, 0.4) is 0 Å². The Morgan fingerprint density at radius 2 is 2.16 bits per heavy atom. The summed E-state index contributed by atoms with van der Waals surface area (Å²) < 4.78 is 19.7. The second kappa shape index (κ2) is 6.68. The molecular weight excluding hydrogens is 261 g/mol. The number of hydrogen-bond donors (Lipinski definition) is 1. The van der Waals surface area contributed by atoms with Crippen LogP contribution in [0, 0.1) is 5.82 Å². The Morgan fingerprint density at radius 1 is 1.32 bits per heavy atom. The lowest BCUT2D eigenvalue weighted by Crippen LogP contribution is -2.19. The summed E-state index contributed by atoms with van der Waals surface area (Å²) in [5.41, 5.74) is 0.598. The van der Waals surface area contributed by atoms with Gasteiger partial charge in [-0.3, -0.25) is 0 Å². The van der Waals surface area contributed by atoms with Crippen LogP contribution in [0.25, 0.3) is 0 Å². The van der Waals surface area contributed by atoms with Crippen LogP contribution in [-0.4, -0.2) is 6.54 Å². The number of ether oxygens (including phenoxy) is 1. The summed E-state index contributed by atoms with van der Waals surface area (Å²) in [6.07, 6.45) is 0. The molecule has 0 saturated carbocycles. The molecule has 1 N–H and O–H groups in total. The molecule has 0 aliphatic carbocycles. The zero-order valence-electron chi connectivity index (χ0n) is 11.2. The predicted octanol–water partition coefficient (Wildman–Crippen LogP) is 4.14. The van der Waals surface area contributed by atoms with Gasteiger partial charge in [-0.1, -0.05) is 19.1 Å². The summed E-state index contributed by atoms with van der Waals surface area (Å²) in [4.78, 5) is 1.13. The zero-order chi connectivity index (χ0) is 13.7. The molecule has 0 saturated heterocycles. The fourth-order valence-corrected chi connectivity index (χ4v) is 2.63. The monoisotopic (exact) mass is 279 g/mol. The second-order valence-corrected chi connectivity index (χ2v) is 5.33. The Bertz CT molecular complexity index is 513. The van der Waals surface area contributed by atoms with E-state index in [-0.39, 0.29) is 11.9 Å². The molecule has 1 heterocycles. The van der Waals surface area contributed by atoms with Crippen molar-refractivity contribution in [3.8, 4) is 5.75 Å². The summed E-state index contributed by atoms with van der Waals surface area (Å²) in [5.74, 6) is 0.388. The van der Waals surface area contributed by atoms with E-state index in [9.17, 15) is 4.39 Å². The lowest BCUT2D eigenvalue weighted by Gasteiger charge is -2.18. The van der Waals surface area contributed by atoms with Crippen molar-refractivity contribution in [1.82, 2.24) is 5.32 Å². The molecule has 2 nitrogen and oxygen atoms in total. The van der Waals surface area contributed by atoms with Gasteiger partial charge in [-0.15, -0.1) is 11.3 Å². The minimum atomic E-state index is -0.225. The molecule has 2 aromatic rings. The quantitative estimate of drug-likeness (QED) is 0.858. The lowest BCUT2D eigenvalue weighted by molar-refractivity contribution is 0.300. The van der Waals surface area contributed by atoms with Crippen LogP contribution in [-0.2, 0) is 6.61 Å². The average molecular weight is 279 g/mol. The fraction of sp³-hybridized carbons (Fsp3) is 0.333. The van der Waals surface area contributed by atoms with Gasteiger partial charge in [-0.2, -0.15) is 0 Å². The van der Waals surface area contributed by atoms with E-state index in [1.807, 2.05) is 37.4 Å². The van der Waals surface area contributed by atoms with Crippen LogP contribution in [0.2, 0.25) is 0 Å². The molecule has 19 heavy (non-hydrogen) atoms. The van der Waals surface area contributed by atoms with E-state index >= 15 is 0 Å². The Balaban J connectivity index is 2.17. The van der Waals surface area contributed by atoms with Gasteiger partial charge in [0.05, 0.1) is 0 Å². The first kappa shape index (κ1) is 14.0. The van der Waals surface area contributed by atoms with E-state index in [4.69, 9.17) is 4.74 Å². The largest absolute Gasteiger partial charge is 0.488 e. The maximum Gasteiger partial charge on any atom is 0.131 e. The van der Waals surface area contributed by atoms with Gasteiger partial charge in [-0.05, 0) is 37.0 Å². The first-order valence-corrected chi connectivity index (χ1v) is 7.27. The zero-order valence-corrected chi connectivity index (χ0v) is 12.0. The van der Waals surface area contributed by atoms with Gasteiger partial charge in [-0.25, -0.2) is 4.39 Å². The molecule has 0 fully saturated rings. The Hall–Kier alpha value is -1.39. The molecule has 0 aliphatic rings. The molecule has 0 spiro atoms. The van der Waals surface area contributed by atoms with E-state index < -0.39 is 0 Å². The highest BCUT2D eigenvalue weighted by molar-refractivity contribution is 7.09. The molecule has 4 heteroatoms. The minimum Gasteiger partial charge on any atom is -0.488 e. The van der Waals surface area contributed by atoms with Crippen LogP contribution < -0.4 is 10.1 Å². The van der Waals surface area contributed by atoms with Crippen molar-refractivity contribution in [3.05, 3.63) is 52.0 Å². The molecule has 102 valence electrons. The molecule has 0 amide bonds. The number of thiophene rings is 1. The first-order valence-electron chi connectivity index (χ1n) is 6.39. The molecule has 0 aliphatic heterocycles. The Labute approximate surface area is 117 Å². The summed E-state index contributed by atoms with van der Waals surface area (Å²) in [6.45, 7) is 5.22. The average Bonchev–Trinajstić information content (AvgIpc) is 2.89. The van der Waals surface area contributed by atoms with E-state index in [1.54, 1.807) is 17.4 Å². The maximum absolute atomic E-state index is 14.0. The van der Waals surface area contributed by atoms with E-state index in [0.29, 0.717) is 17.9 Å². The minimum absolute atomic E-state index is 0.0652. The SMILES string of the molecule is CCNC(C)c1c(F)cccc1OCc1cccs1. The van der Waals surface area contributed by atoms with Crippen LogP contribution >= 0.6 is 11.3 Å². The van der Waals surface area contributed by atoms with Crippen molar-refractivity contribution >= 4 is 11.3 Å². The summed E-state index contributed by atoms with van der Waals surface area (Å²) in [6, 6.07) is 8.90. The summed E-state index contributed by atoms with van der Waals surface area (Å²) in [5, 5.41) is 5.23. The molecule has 1 unspecified atom stereocenters. The van der Waals surface area contributed by atoms with Crippen molar-refractivity contribution in [2.75, 3.05) is 6.54 Å². The molecular formula is C15H18FNOS. The van der Waals surface area contributed by atoms with Gasteiger partial charge in [0.25, 0.3) is 0 Å². The molecule has 1 aromatic heterocycles. The highest BCUT2D eigenvalue weighted by atomic mass is 32.1. The van der Waals surface area contributed by atoms with E-state index in [0.717, 1.165) is 11.4 Å². The van der Waals surface area contributed by atoms with Gasteiger partial charge in [0.1, 0.15) is 18.2 Å². The van der Waals surface area contributed by atoms with Crippen LogP contribution in [0.15, 0.2) is 35.7 Å². The van der Waals surface area contributed by atoms with Gasteiger partial charge in [0.15, 0.2) is 0 Å². The summed E-state index contributed by atoms with van der Waals surface area (Å²) in [7, 11) is 0. The predicted molar refractivity (Wildman–Crippen MR) is 77.1 cm³/mol. The lowest BCUT2D eigenvalue weighted by atomic mass is 10.1. The summed E-state index contributed by atoms with van der Waals surface area (Å²) >= 11 is 1.64.